The van der Waals surface area contributed by atoms with Gasteiger partial charge in [-0.2, -0.15) is 0 Å². The highest BCUT2D eigenvalue weighted by atomic mass is 16.3. The van der Waals surface area contributed by atoms with Crippen LogP contribution in [0.2, 0.25) is 0 Å². The van der Waals surface area contributed by atoms with E-state index in [4.69, 9.17) is 0 Å². The van der Waals surface area contributed by atoms with Gasteiger partial charge in [-0.1, -0.05) is 30.0 Å². The number of aromatic nitrogens is 1. The Kier molecular flexibility index (Phi) is 6.25. The van der Waals surface area contributed by atoms with Crippen LogP contribution in [0.15, 0.2) is 48.8 Å². The topological polar surface area (TPSA) is 56.7 Å². The summed E-state index contributed by atoms with van der Waals surface area (Å²) >= 11 is 0. The molecule has 5 nitrogen and oxygen atoms in total. The van der Waals surface area contributed by atoms with E-state index in [1.165, 1.54) is 18.4 Å². The fourth-order valence-corrected chi connectivity index (χ4v) is 5.16. The SMILES string of the molecule is O=C(Cc1cccnc1)N1CCCCN2[C@H](CO)[C@@H](c3ccc(C#CC4CC4)cc3)[C@@H]2C1. The zero-order valence-electron chi connectivity index (χ0n) is 18.5. The highest BCUT2D eigenvalue weighted by molar-refractivity contribution is 5.78. The first-order valence-corrected chi connectivity index (χ1v) is 11.9. The van der Waals surface area contributed by atoms with Crippen molar-refractivity contribution in [3.63, 3.8) is 0 Å². The van der Waals surface area contributed by atoms with Crippen molar-refractivity contribution >= 4 is 5.91 Å². The molecule has 1 aromatic carbocycles. The zero-order chi connectivity index (χ0) is 21.9. The van der Waals surface area contributed by atoms with Crippen molar-refractivity contribution in [2.75, 3.05) is 26.2 Å². The Labute approximate surface area is 190 Å². The van der Waals surface area contributed by atoms with Crippen molar-refractivity contribution in [1.82, 2.24) is 14.8 Å². The molecule has 32 heavy (non-hydrogen) atoms. The number of fused-ring (bicyclic) bond motifs is 1. The van der Waals surface area contributed by atoms with Crippen LogP contribution in [0.1, 0.15) is 48.3 Å². The van der Waals surface area contributed by atoms with Gasteiger partial charge in [-0.15, -0.1) is 0 Å². The van der Waals surface area contributed by atoms with Crippen LogP contribution in [-0.4, -0.2) is 64.1 Å². The third kappa shape index (κ3) is 4.57. The molecule has 2 aliphatic heterocycles. The maximum Gasteiger partial charge on any atom is 0.227 e. The molecule has 1 aromatic heterocycles. The molecular formula is C27H31N3O2. The summed E-state index contributed by atoms with van der Waals surface area (Å²) in [6, 6.07) is 12.8. The first kappa shape index (κ1) is 21.2. The summed E-state index contributed by atoms with van der Waals surface area (Å²) in [6.45, 7) is 2.65. The Morgan fingerprint density at radius 3 is 2.66 bits per heavy atom. The number of amides is 1. The summed E-state index contributed by atoms with van der Waals surface area (Å²) in [5.41, 5.74) is 3.25. The molecule has 1 saturated carbocycles. The van der Waals surface area contributed by atoms with Gasteiger partial charge in [0, 0.05) is 55.0 Å². The number of hydrogen-bond donors (Lipinski definition) is 1. The van der Waals surface area contributed by atoms with Crippen molar-refractivity contribution < 1.29 is 9.90 Å². The van der Waals surface area contributed by atoms with Crippen molar-refractivity contribution in [3.05, 3.63) is 65.5 Å². The second-order valence-corrected chi connectivity index (χ2v) is 9.33. The molecule has 3 fully saturated rings. The molecule has 1 amide bonds. The summed E-state index contributed by atoms with van der Waals surface area (Å²) in [5.74, 6) is 7.60. The average molecular weight is 430 g/mol. The van der Waals surface area contributed by atoms with Crippen LogP contribution in [0.5, 0.6) is 0 Å². The van der Waals surface area contributed by atoms with Gasteiger partial charge in [0.25, 0.3) is 0 Å². The minimum Gasteiger partial charge on any atom is -0.395 e. The average Bonchev–Trinajstić information content (AvgIpc) is 3.63. The molecule has 0 radical (unpaired) electrons. The minimum absolute atomic E-state index is 0.122. The van der Waals surface area contributed by atoms with Crippen LogP contribution in [0.25, 0.3) is 0 Å². The lowest BCUT2D eigenvalue weighted by molar-refractivity contribution is -0.135. The molecule has 0 unspecified atom stereocenters. The standard InChI is InChI=1S/C27H31N3O2/c31-19-25-27(23-11-9-21(10-12-23)8-7-20-5-6-20)24-18-29(14-1-2-15-30(24)25)26(32)16-22-4-3-13-28-17-22/h3-4,9-13,17,20,24-25,27,31H,1-2,5-6,14-16,18-19H2/t24-,25+,27-/m0/s1. The number of carbonyl (C=O) groups excluding carboxylic acids is 1. The fraction of sp³-hybridized carbons (Fsp3) is 0.481. The van der Waals surface area contributed by atoms with Gasteiger partial charge in [0.1, 0.15) is 0 Å². The lowest BCUT2D eigenvalue weighted by Crippen LogP contribution is -2.68. The van der Waals surface area contributed by atoms with Crippen molar-refractivity contribution in [2.24, 2.45) is 5.92 Å². The maximum atomic E-state index is 13.1. The molecule has 2 aromatic rings. The second-order valence-electron chi connectivity index (χ2n) is 9.33. The highest BCUT2D eigenvalue weighted by Gasteiger charge is 2.49. The van der Waals surface area contributed by atoms with Crippen molar-refractivity contribution in [3.8, 4) is 11.8 Å². The lowest BCUT2D eigenvalue weighted by Gasteiger charge is -2.57. The molecular weight excluding hydrogens is 398 g/mol. The number of pyridine rings is 1. The first-order valence-electron chi connectivity index (χ1n) is 11.9. The van der Waals surface area contributed by atoms with Crippen LogP contribution < -0.4 is 0 Å². The van der Waals surface area contributed by atoms with Gasteiger partial charge >= 0.3 is 0 Å². The number of carbonyl (C=O) groups is 1. The van der Waals surface area contributed by atoms with Crippen LogP contribution in [0, 0.1) is 17.8 Å². The Morgan fingerprint density at radius 1 is 1.12 bits per heavy atom. The molecule has 166 valence electrons. The van der Waals surface area contributed by atoms with Gasteiger partial charge in [0.15, 0.2) is 0 Å². The minimum atomic E-state index is 0.122. The molecule has 0 spiro atoms. The number of hydrogen-bond acceptors (Lipinski definition) is 4. The quantitative estimate of drug-likeness (QED) is 0.760. The summed E-state index contributed by atoms with van der Waals surface area (Å²) < 4.78 is 0. The molecule has 3 atom stereocenters. The van der Waals surface area contributed by atoms with Crippen LogP contribution in [0.4, 0.5) is 0 Å². The molecule has 5 rings (SSSR count). The number of aliphatic hydroxyl groups is 1. The number of aliphatic hydroxyl groups excluding tert-OH is 1. The molecule has 1 N–H and O–H groups in total. The molecule has 1 aliphatic carbocycles. The van der Waals surface area contributed by atoms with Crippen LogP contribution in [0.3, 0.4) is 0 Å². The Morgan fingerprint density at radius 2 is 1.94 bits per heavy atom. The number of nitrogens with zero attached hydrogens (tertiary/aromatic N) is 3. The normalized spacial score (nSPS) is 25.5. The van der Waals surface area contributed by atoms with Crippen LogP contribution >= 0.6 is 0 Å². The summed E-state index contributed by atoms with van der Waals surface area (Å²) in [4.78, 5) is 21.7. The van der Waals surface area contributed by atoms with E-state index in [1.807, 2.05) is 17.0 Å². The van der Waals surface area contributed by atoms with Crippen molar-refractivity contribution in [2.45, 2.75) is 50.1 Å². The van der Waals surface area contributed by atoms with E-state index in [9.17, 15) is 9.90 Å². The predicted octanol–water partition coefficient (Wildman–Crippen LogP) is 2.84. The first-order chi connectivity index (χ1) is 15.7. The van der Waals surface area contributed by atoms with Gasteiger partial charge in [0.05, 0.1) is 13.0 Å². The molecule has 3 aliphatic rings. The van der Waals surface area contributed by atoms with Crippen molar-refractivity contribution in [1.29, 1.82) is 0 Å². The third-order valence-corrected chi connectivity index (χ3v) is 7.09. The van der Waals surface area contributed by atoms with Gasteiger partial charge in [0.2, 0.25) is 5.91 Å². The highest BCUT2D eigenvalue weighted by Crippen LogP contribution is 2.42. The van der Waals surface area contributed by atoms with E-state index in [0.717, 1.165) is 37.1 Å². The third-order valence-electron chi connectivity index (χ3n) is 7.09. The Hall–Kier alpha value is -2.68. The van der Waals surface area contributed by atoms with E-state index in [1.54, 1.807) is 12.4 Å². The lowest BCUT2D eigenvalue weighted by atomic mass is 9.74. The second kappa shape index (κ2) is 9.44. The molecule has 3 heterocycles. The fourth-order valence-electron chi connectivity index (χ4n) is 5.16. The van der Waals surface area contributed by atoms with Gasteiger partial charge in [-0.25, -0.2) is 0 Å². The summed E-state index contributed by atoms with van der Waals surface area (Å²) in [5, 5.41) is 10.1. The van der Waals surface area contributed by atoms with E-state index < -0.39 is 0 Å². The van der Waals surface area contributed by atoms with E-state index in [2.05, 4.69) is 46.0 Å². The van der Waals surface area contributed by atoms with E-state index >= 15 is 0 Å². The van der Waals surface area contributed by atoms with Crippen LogP contribution in [-0.2, 0) is 11.2 Å². The Balaban J connectivity index is 1.32. The number of benzene rings is 1. The largest absolute Gasteiger partial charge is 0.395 e. The van der Waals surface area contributed by atoms with Gasteiger partial charge < -0.3 is 10.0 Å². The molecule has 2 saturated heterocycles. The number of rotatable bonds is 4. The smallest absolute Gasteiger partial charge is 0.227 e. The van der Waals surface area contributed by atoms with Gasteiger partial charge in [-0.3, -0.25) is 14.7 Å². The maximum absolute atomic E-state index is 13.1. The molecule has 0 bridgehead atoms. The summed E-state index contributed by atoms with van der Waals surface area (Å²) in [6.07, 6.45) is 8.42. The monoisotopic (exact) mass is 429 g/mol. The van der Waals surface area contributed by atoms with Gasteiger partial charge in [-0.05, 0) is 61.6 Å². The predicted molar refractivity (Wildman–Crippen MR) is 124 cm³/mol. The van der Waals surface area contributed by atoms with E-state index in [-0.39, 0.29) is 30.5 Å². The molecule has 5 heteroatoms. The zero-order valence-corrected chi connectivity index (χ0v) is 18.5. The summed E-state index contributed by atoms with van der Waals surface area (Å²) in [7, 11) is 0. The Bertz CT molecular complexity index is 991. The van der Waals surface area contributed by atoms with E-state index in [0.29, 0.717) is 18.9 Å².